The van der Waals surface area contributed by atoms with Gasteiger partial charge < -0.3 is 14.2 Å². The topological polar surface area (TPSA) is 34.5 Å². The normalized spacial score (nSPS) is 15.8. The first-order valence-electron chi connectivity index (χ1n) is 10.9. The maximum absolute atomic E-state index is 12.5. The minimum absolute atomic E-state index is 0.165. The molecule has 1 saturated carbocycles. The van der Waals surface area contributed by atoms with Gasteiger partial charge in [-0.25, -0.2) is 8.78 Å². The summed E-state index contributed by atoms with van der Waals surface area (Å²) in [7, 11) is 2.21. The van der Waals surface area contributed by atoms with Crippen LogP contribution in [0.15, 0.2) is 47.4 Å². The zero-order chi connectivity index (χ0) is 21.5. The van der Waals surface area contributed by atoms with E-state index in [1.165, 1.54) is 37.9 Å². The van der Waals surface area contributed by atoms with Gasteiger partial charge in [0, 0.05) is 24.8 Å². The van der Waals surface area contributed by atoms with Crippen LogP contribution in [0.4, 0.5) is 8.78 Å². The standard InChI is InChI=1S/C24H32F2N2O2/c1-3-21(13-14-27(2)20-6-4-5-7-20)30-22-10-8-18(9-11-22)19-12-15-28(17-23(25)26)24(29)16-19/h8-12,15-16,20-21,23H,3-7,13-14,17H2,1-2H3. The van der Waals surface area contributed by atoms with E-state index in [0.29, 0.717) is 5.56 Å². The highest BCUT2D eigenvalue weighted by molar-refractivity contribution is 5.63. The summed E-state index contributed by atoms with van der Waals surface area (Å²) >= 11 is 0. The third-order valence-electron chi connectivity index (χ3n) is 6.03. The van der Waals surface area contributed by atoms with Gasteiger partial charge in [-0.15, -0.1) is 0 Å². The van der Waals surface area contributed by atoms with Crippen molar-refractivity contribution < 1.29 is 13.5 Å². The zero-order valence-electron chi connectivity index (χ0n) is 17.9. The highest BCUT2D eigenvalue weighted by Gasteiger charge is 2.20. The molecular formula is C24H32F2N2O2. The first-order chi connectivity index (χ1) is 14.5. The molecule has 1 aliphatic carbocycles. The maximum Gasteiger partial charge on any atom is 0.256 e. The molecule has 30 heavy (non-hydrogen) atoms. The van der Waals surface area contributed by atoms with Gasteiger partial charge in [0.25, 0.3) is 12.0 Å². The molecule has 1 atom stereocenters. The minimum atomic E-state index is -2.55. The van der Waals surface area contributed by atoms with E-state index in [9.17, 15) is 13.6 Å². The molecular weight excluding hydrogens is 386 g/mol. The van der Waals surface area contributed by atoms with Crippen molar-refractivity contribution >= 4 is 0 Å². The van der Waals surface area contributed by atoms with Crippen molar-refractivity contribution in [2.45, 2.75) is 70.6 Å². The molecule has 1 heterocycles. The SMILES string of the molecule is CCC(CCN(C)C1CCCC1)Oc1ccc(-c2ccn(CC(F)F)c(=O)c2)cc1. The minimum Gasteiger partial charge on any atom is -0.490 e. The molecule has 0 amide bonds. The van der Waals surface area contributed by atoms with Gasteiger partial charge in [0.1, 0.15) is 5.75 Å². The Labute approximate surface area is 177 Å². The second-order valence-corrected chi connectivity index (χ2v) is 8.18. The third-order valence-corrected chi connectivity index (χ3v) is 6.03. The monoisotopic (exact) mass is 418 g/mol. The molecule has 1 unspecified atom stereocenters. The smallest absolute Gasteiger partial charge is 0.256 e. The summed E-state index contributed by atoms with van der Waals surface area (Å²) in [6.07, 6.45) is 6.28. The second kappa shape index (κ2) is 10.7. The van der Waals surface area contributed by atoms with E-state index in [-0.39, 0.29) is 6.10 Å². The number of alkyl halides is 2. The molecule has 164 valence electrons. The number of ether oxygens (including phenoxy) is 1. The fourth-order valence-electron chi connectivity index (χ4n) is 4.13. The zero-order valence-corrected chi connectivity index (χ0v) is 17.9. The lowest BCUT2D eigenvalue weighted by atomic mass is 10.1. The summed E-state index contributed by atoms with van der Waals surface area (Å²) in [5, 5.41) is 0. The summed E-state index contributed by atoms with van der Waals surface area (Å²) in [5.41, 5.74) is 1.14. The van der Waals surface area contributed by atoms with Gasteiger partial charge in [0.05, 0.1) is 12.6 Å². The van der Waals surface area contributed by atoms with E-state index in [1.54, 1.807) is 6.07 Å². The Kier molecular flexibility index (Phi) is 8.02. The average molecular weight is 419 g/mol. The fraction of sp³-hybridized carbons (Fsp3) is 0.542. The third kappa shape index (κ3) is 6.14. The van der Waals surface area contributed by atoms with Crippen LogP contribution in [0.5, 0.6) is 5.75 Å². The Morgan fingerprint density at radius 2 is 1.83 bits per heavy atom. The Balaban J connectivity index is 1.57. The summed E-state index contributed by atoms with van der Waals surface area (Å²) in [4.78, 5) is 14.5. The summed E-state index contributed by atoms with van der Waals surface area (Å²) in [6, 6.07) is 11.4. The van der Waals surface area contributed by atoms with Gasteiger partial charge in [-0.2, -0.15) is 0 Å². The van der Waals surface area contributed by atoms with Crippen LogP contribution in [-0.4, -0.2) is 41.6 Å². The molecule has 0 radical (unpaired) electrons. The van der Waals surface area contributed by atoms with Gasteiger partial charge >= 0.3 is 0 Å². The number of rotatable bonds is 10. The quantitative estimate of drug-likeness (QED) is 0.532. The van der Waals surface area contributed by atoms with Crippen LogP contribution in [0.25, 0.3) is 11.1 Å². The number of benzene rings is 1. The number of nitrogens with zero attached hydrogens (tertiary/aromatic N) is 2. The molecule has 4 nitrogen and oxygen atoms in total. The Bertz CT molecular complexity index is 845. The molecule has 2 aromatic rings. The number of halogens is 2. The first kappa shape index (κ1) is 22.5. The lowest BCUT2D eigenvalue weighted by Gasteiger charge is -2.26. The van der Waals surface area contributed by atoms with Gasteiger partial charge in [0.2, 0.25) is 0 Å². The Morgan fingerprint density at radius 1 is 1.13 bits per heavy atom. The molecule has 0 N–H and O–H groups in total. The van der Waals surface area contributed by atoms with Crippen molar-refractivity contribution in [2.24, 2.45) is 0 Å². The van der Waals surface area contributed by atoms with Crippen molar-refractivity contribution in [3.8, 4) is 16.9 Å². The van der Waals surface area contributed by atoms with Crippen LogP contribution in [0.1, 0.15) is 45.4 Å². The van der Waals surface area contributed by atoms with E-state index < -0.39 is 18.5 Å². The van der Waals surface area contributed by atoms with Crippen LogP contribution in [0.2, 0.25) is 0 Å². The number of pyridine rings is 1. The van der Waals surface area contributed by atoms with E-state index in [4.69, 9.17) is 4.74 Å². The molecule has 1 fully saturated rings. The van der Waals surface area contributed by atoms with E-state index in [1.807, 2.05) is 24.3 Å². The molecule has 0 saturated heterocycles. The number of hydrogen-bond donors (Lipinski definition) is 0. The molecule has 1 aromatic heterocycles. The average Bonchev–Trinajstić information content (AvgIpc) is 3.27. The van der Waals surface area contributed by atoms with E-state index in [2.05, 4.69) is 18.9 Å². The van der Waals surface area contributed by atoms with Crippen LogP contribution in [0, 0.1) is 0 Å². The van der Waals surface area contributed by atoms with Crippen LogP contribution in [-0.2, 0) is 6.54 Å². The van der Waals surface area contributed by atoms with Gasteiger partial charge in [-0.1, -0.05) is 31.9 Å². The maximum atomic E-state index is 12.5. The predicted molar refractivity (Wildman–Crippen MR) is 116 cm³/mol. The molecule has 6 heteroatoms. The predicted octanol–water partition coefficient (Wildman–Crippen LogP) is 5.20. The van der Waals surface area contributed by atoms with Crippen molar-refractivity contribution in [3.63, 3.8) is 0 Å². The molecule has 1 aromatic carbocycles. The second-order valence-electron chi connectivity index (χ2n) is 8.18. The van der Waals surface area contributed by atoms with Crippen LogP contribution in [0.3, 0.4) is 0 Å². The van der Waals surface area contributed by atoms with Crippen molar-refractivity contribution in [1.82, 2.24) is 9.47 Å². The van der Waals surface area contributed by atoms with Crippen LogP contribution >= 0.6 is 0 Å². The van der Waals surface area contributed by atoms with E-state index in [0.717, 1.165) is 41.3 Å². The summed E-state index contributed by atoms with van der Waals surface area (Å²) < 4.78 is 32.2. The molecule has 3 rings (SSSR count). The van der Waals surface area contributed by atoms with Crippen LogP contribution < -0.4 is 10.3 Å². The highest BCUT2D eigenvalue weighted by Crippen LogP contribution is 2.25. The Hall–Kier alpha value is -2.21. The van der Waals surface area contributed by atoms with Crippen molar-refractivity contribution in [3.05, 3.63) is 52.9 Å². The fourth-order valence-corrected chi connectivity index (χ4v) is 4.13. The first-order valence-corrected chi connectivity index (χ1v) is 10.9. The van der Waals surface area contributed by atoms with Crippen molar-refractivity contribution in [2.75, 3.05) is 13.6 Å². The molecule has 1 aliphatic rings. The van der Waals surface area contributed by atoms with Gasteiger partial charge in [-0.3, -0.25) is 4.79 Å². The Morgan fingerprint density at radius 3 is 2.43 bits per heavy atom. The van der Waals surface area contributed by atoms with Crippen molar-refractivity contribution in [1.29, 1.82) is 0 Å². The van der Waals surface area contributed by atoms with Gasteiger partial charge in [0.15, 0.2) is 0 Å². The van der Waals surface area contributed by atoms with E-state index >= 15 is 0 Å². The molecule has 0 bridgehead atoms. The molecule has 0 spiro atoms. The number of hydrogen-bond acceptors (Lipinski definition) is 3. The van der Waals surface area contributed by atoms with Gasteiger partial charge in [-0.05, 0) is 62.1 Å². The molecule has 0 aliphatic heterocycles. The highest BCUT2D eigenvalue weighted by atomic mass is 19.3. The lowest BCUT2D eigenvalue weighted by Crippen LogP contribution is -2.32. The summed E-state index contributed by atoms with van der Waals surface area (Å²) in [5.74, 6) is 0.806. The lowest BCUT2D eigenvalue weighted by molar-refractivity contribution is 0.125. The summed E-state index contributed by atoms with van der Waals surface area (Å²) in [6.45, 7) is 2.60. The number of aromatic nitrogens is 1. The largest absolute Gasteiger partial charge is 0.490 e.